The molecule has 0 saturated heterocycles. The summed E-state index contributed by atoms with van der Waals surface area (Å²) in [4.78, 5) is 0. The van der Waals surface area contributed by atoms with Gasteiger partial charge in [-0.3, -0.25) is 0 Å². The summed E-state index contributed by atoms with van der Waals surface area (Å²) in [6.07, 6.45) is 0. The average molecular weight is 372 g/mol. The van der Waals surface area contributed by atoms with Crippen LogP contribution in [0, 0.1) is 0 Å². The van der Waals surface area contributed by atoms with E-state index in [2.05, 4.69) is 72.8 Å². The third-order valence-electron chi connectivity index (χ3n) is 5.97. The van der Waals surface area contributed by atoms with Crippen molar-refractivity contribution in [1.29, 1.82) is 0 Å². The standard InChI is InChI=1S/C26H17BO2/c28-27(29)26-7-3-6-18-12-19-8-9-20-13-21-10-16-4-1-2-5-17(16)11-22(21)14-23(20)24(19)15-25(18)26/h1-15,28-29H. The van der Waals surface area contributed by atoms with E-state index < -0.39 is 7.12 Å². The first-order chi connectivity index (χ1) is 14.2. The van der Waals surface area contributed by atoms with Gasteiger partial charge in [0.05, 0.1) is 0 Å². The second-order valence-electron chi connectivity index (χ2n) is 7.70. The molecule has 0 radical (unpaired) electrons. The van der Waals surface area contributed by atoms with Crippen LogP contribution in [0.3, 0.4) is 0 Å². The summed E-state index contributed by atoms with van der Waals surface area (Å²) in [7, 11) is -1.49. The van der Waals surface area contributed by atoms with Crippen molar-refractivity contribution < 1.29 is 10.0 Å². The van der Waals surface area contributed by atoms with Gasteiger partial charge in [-0.2, -0.15) is 0 Å². The molecule has 0 heterocycles. The third kappa shape index (κ3) is 2.52. The van der Waals surface area contributed by atoms with Gasteiger partial charge in [-0.15, -0.1) is 0 Å². The molecule has 0 atom stereocenters. The van der Waals surface area contributed by atoms with Crippen LogP contribution in [0.25, 0.3) is 53.9 Å². The zero-order valence-electron chi connectivity index (χ0n) is 15.6. The summed E-state index contributed by atoms with van der Waals surface area (Å²) in [6, 6.07) is 31.6. The van der Waals surface area contributed by atoms with Gasteiger partial charge < -0.3 is 10.0 Å². The Labute approximate surface area is 167 Å². The van der Waals surface area contributed by atoms with Crippen molar-refractivity contribution in [2.75, 3.05) is 0 Å². The van der Waals surface area contributed by atoms with Crippen molar-refractivity contribution in [2.24, 2.45) is 0 Å². The fourth-order valence-corrected chi connectivity index (χ4v) is 4.52. The summed E-state index contributed by atoms with van der Waals surface area (Å²) in [6.45, 7) is 0. The van der Waals surface area contributed by atoms with Gasteiger partial charge in [-0.25, -0.2) is 0 Å². The minimum Gasteiger partial charge on any atom is -0.423 e. The van der Waals surface area contributed by atoms with Crippen molar-refractivity contribution in [1.82, 2.24) is 0 Å². The quantitative estimate of drug-likeness (QED) is 0.239. The van der Waals surface area contributed by atoms with Crippen molar-refractivity contribution >= 4 is 66.4 Å². The molecule has 0 aliphatic carbocycles. The van der Waals surface area contributed by atoms with Gasteiger partial charge in [0.15, 0.2) is 0 Å². The van der Waals surface area contributed by atoms with Crippen molar-refractivity contribution in [3.8, 4) is 0 Å². The minimum absolute atomic E-state index is 0.535. The molecule has 2 N–H and O–H groups in total. The van der Waals surface area contributed by atoms with Crippen molar-refractivity contribution in [2.45, 2.75) is 0 Å². The van der Waals surface area contributed by atoms with Gasteiger partial charge in [-0.05, 0) is 95.7 Å². The predicted molar refractivity (Wildman–Crippen MR) is 124 cm³/mol. The lowest BCUT2D eigenvalue weighted by atomic mass is 9.76. The van der Waals surface area contributed by atoms with E-state index >= 15 is 0 Å². The lowest BCUT2D eigenvalue weighted by Gasteiger charge is -2.11. The van der Waals surface area contributed by atoms with Crippen LogP contribution >= 0.6 is 0 Å². The number of fused-ring (bicyclic) bond motifs is 6. The predicted octanol–water partition coefficient (Wildman–Crippen LogP) is 5.13. The Morgan fingerprint density at radius 2 is 0.931 bits per heavy atom. The molecule has 136 valence electrons. The largest absolute Gasteiger partial charge is 0.489 e. The fourth-order valence-electron chi connectivity index (χ4n) is 4.52. The molecule has 29 heavy (non-hydrogen) atoms. The summed E-state index contributed by atoms with van der Waals surface area (Å²) >= 11 is 0. The average Bonchev–Trinajstić information content (AvgIpc) is 2.74. The van der Waals surface area contributed by atoms with Crippen molar-refractivity contribution in [3.63, 3.8) is 0 Å². The molecular weight excluding hydrogens is 355 g/mol. The molecule has 0 saturated carbocycles. The van der Waals surface area contributed by atoms with Crippen LogP contribution in [-0.2, 0) is 0 Å². The SMILES string of the molecule is OB(O)c1cccc2cc3ccc4cc5cc6ccccc6cc5cc4c3cc12. The van der Waals surface area contributed by atoms with E-state index in [1.54, 1.807) is 6.07 Å². The first-order valence-electron chi connectivity index (χ1n) is 9.75. The Hall–Kier alpha value is -3.40. The lowest BCUT2D eigenvalue weighted by Crippen LogP contribution is -2.30. The number of benzene rings is 6. The van der Waals surface area contributed by atoms with Gasteiger partial charge in [0.25, 0.3) is 0 Å². The van der Waals surface area contributed by atoms with Crippen LogP contribution in [0.4, 0.5) is 0 Å². The lowest BCUT2D eigenvalue weighted by molar-refractivity contribution is 0.426. The number of rotatable bonds is 1. The van der Waals surface area contributed by atoms with Crippen LogP contribution in [0.1, 0.15) is 0 Å². The van der Waals surface area contributed by atoms with Crippen LogP contribution in [-0.4, -0.2) is 17.2 Å². The zero-order valence-corrected chi connectivity index (χ0v) is 15.6. The maximum absolute atomic E-state index is 9.80. The van der Waals surface area contributed by atoms with Gasteiger partial charge in [-0.1, -0.05) is 54.6 Å². The van der Waals surface area contributed by atoms with Crippen molar-refractivity contribution in [3.05, 3.63) is 91.0 Å². The molecule has 6 aromatic carbocycles. The molecule has 3 heteroatoms. The topological polar surface area (TPSA) is 40.5 Å². The molecule has 0 amide bonds. The van der Waals surface area contributed by atoms with Gasteiger partial charge >= 0.3 is 7.12 Å². The molecule has 0 bridgehead atoms. The van der Waals surface area contributed by atoms with Gasteiger partial charge in [0.2, 0.25) is 0 Å². The molecule has 0 spiro atoms. The number of hydrogen-bond acceptors (Lipinski definition) is 2. The number of hydrogen-bond donors (Lipinski definition) is 2. The van der Waals surface area contributed by atoms with Crippen LogP contribution in [0.2, 0.25) is 0 Å². The van der Waals surface area contributed by atoms with E-state index in [1.165, 1.54) is 32.3 Å². The van der Waals surface area contributed by atoms with Gasteiger partial charge in [0.1, 0.15) is 0 Å². The first kappa shape index (κ1) is 16.5. The van der Waals surface area contributed by atoms with E-state index in [-0.39, 0.29) is 0 Å². The third-order valence-corrected chi connectivity index (χ3v) is 5.97. The minimum atomic E-state index is -1.49. The van der Waals surface area contributed by atoms with E-state index in [0.717, 1.165) is 21.5 Å². The molecular formula is C26H17BO2. The highest BCUT2D eigenvalue weighted by Gasteiger charge is 2.15. The smallest absolute Gasteiger partial charge is 0.423 e. The molecule has 6 rings (SSSR count). The Morgan fingerprint density at radius 1 is 0.414 bits per heavy atom. The second kappa shape index (κ2) is 6.05. The highest BCUT2D eigenvalue weighted by molar-refractivity contribution is 6.62. The molecule has 2 nitrogen and oxygen atoms in total. The highest BCUT2D eigenvalue weighted by Crippen LogP contribution is 2.33. The monoisotopic (exact) mass is 372 g/mol. The van der Waals surface area contributed by atoms with E-state index in [0.29, 0.717) is 5.46 Å². The van der Waals surface area contributed by atoms with E-state index in [1.807, 2.05) is 12.1 Å². The maximum atomic E-state index is 9.80. The summed E-state index contributed by atoms with van der Waals surface area (Å²) in [5.74, 6) is 0. The van der Waals surface area contributed by atoms with Crippen LogP contribution < -0.4 is 5.46 Å². The molecule has 6 aromatic rings. The Kier molecular flexibility index (Phi) is 3.45. The zero-order chi connectivity index (χ0) is 19.5. The Morgan fingerprint density at radius 3 is 1.62 bits per heavy atom. The molecule has 0 fully saturated rings. The summed E-state index contributed by atoms with van der Waals surface area (Å²) < 4.78 is 0. The maximum Gasteiger partial charge on any atom is 0.489 e. The Bertz CT molecular complexity index is 1580. The van der Waals surface area contributed by atoms with Crippen LogP contribution in [0.5, 0.6) is 0 Å². The molecule has 0 aromatic heterocycles. The first-order valence-corrected chi connectivity index (χ1v) is 9.75. The summed E-state index contributed by atoms with van der Waals surface area (Å²) in [5.41, 5.74) is 0.535. The Balaban J connectivity index is 1.75. The van der Waals surface area contributed by atoms with Crippen LogP contribution in [0.15, 0.2) is 91.0 Å². The second-order valence-corrected chi connectivity index (χ2v) is 7.70. The fraction of sp³-hybridized carbons (Fsp3) is 0. The van der Waals surface area contributed by atoms with Gasteiger partial charge in [0, 0.05) is 0 Å². The summed E-state index contributed by atoms with van der Waals surface area (Å²) in [5, 5.41) is 31.0. The highest BCUT2D eigenvalue weighted by atomic mass is 16.4. The molecule has 0 aliphatic heterocycles. The normalized spacial score (nSPS) is 11.8. The van der Waals surface area contributed by atoms with E-state index in [9.17, 15) is 10.0 Å². The molecule has 0 aliphatic rings. The van der Waals surface area contributed by atoms with E-state index in [4.69, 9.17) is 0 Å². The molecule has 0 unspecified atom stereocenters.